The van der Waals surface area contributed by atoms with Crippen molar-refractivity contribution in [3.63, 3.8) is 0 Å². The molecular formula is C22H20F7N4O5+. The van der Waals surface area contributed by atoms with Crippen LogP contribution in [-0.2, 0) is 16.0 Å². The van der Waals surface area contributed by atoms with Crippen molar-refractivity contribution in [3.05, 3.63) is 62.3 Å². The number of alkyl halides is 6. The molecule has 3 rings (SSSR count). The van der Waals surface area contributed by atoms with Gasteiger partial charge in [0.1, 0.15) is 23.8 Å². The number of hydrogen-bond donors (Lipinski definition) is 1. The van der Waals surface area contributed by atoms with Crippen molar-refractivity contribution in [3.8, 4) is 0 Å². The second kappa shape index (κ2) is 10.4. The second-order valence-corrected chi connectivity index (χ2v) is 8.46. The number of benzene rings is 1. The molecule has 0 spiro atoms. The molecule has 0 aliphatic carbocycles. The molecule has 1 aromatic carbocycles. The third kappa shape index (κ3) is 6.47. The molecule has 1 saturated heterocycles. The zero-order valence-electron chi connectivity index (χ0n) is 19.8. The third-order valence-corrected chi connectivity index (χ3v) is 5.80. The Bertz CT molecular complexity index is 1340. The molecule has 206 valence electrons. The molecule has 2 aromatic rings. The number of piperazine rings is 1. The van der Waals surface area contributed by atoms with Gasteiger partial charge in [-0.25, -0.2) is 9.18 Å². The predicted molar refractivity (Wildman–Crippen MR) is 112 cm³/mol. The van der Waals surface area contributed by atoms with Gasteiger partial charge in [-0.1, -0.05) is 11.2 Å². The van der Waals surface area contributed by atoms with Crippen LogP contribution in [0.15, 0.2) is 23.0 Å². The maximum absolute atomic E-state index is 14.6. The van der Waals surface area contributed by atoms with Gasteiger partial charge in [0.05, 0.1) is 12.0 Å². The molecule has 0 bridgehead atoms. The topological polar surface area (TPSA) is 104 Å². The minimum atomic E-state index is -5.38. The maximum atomic E-state index is 14.6. The number of H-pyrrole nitrogens is 1. The number of amides is 2. The number of aromatic nitrogens is 2. The van der Waals surface area contributed by atoms with Crippen LogP contribution < -0.4 is 15.2 Å². The Morgan fingerprint density at radius 2 is 1.71 bits per heavy atom. The first kappa shape index (κ1) is 28.6. The van der Waals surface area contributed by atoms with Gasteiger partial charge in [0, 0.05) is 24.2 Å². The van der Waals surface area contributed by atoms with Crippen LogP contribution in [0.1, 0.15) is 32.7 Å². The van der Waals surface area contributed by atoms with Gasteiger partial charge in [0.2, 0.25) is 5.91 Å². The van der Waals surface area contributed by atoms with Crippen molar-refractivity contribution >= 4 is 17.8 Å². The lowest BCUT2D eigenvalue weighted by atomic mass is 10.0. The number of carbonyl (C=O) groups is 3. The Balaban J connectivity index is 1.89. The molecule has 1 N–H and O–H groups in total. The number of rotatable bonds is 5. The first-order valence-corrected chi connectivity index (χ1v) is 10.8. The van der Waals surface area contributed by atoms with Crippen molar-refractivity contribution in [2.24, 2.45) is 0 Å². The van der Waals surface area contributed by atoms with E-state index >= 15 is 0 Å². The van der Waals surface area contributed by atoms with Gasteiger partial charge in [0.15, 0.2) is 0 Å². The lowest BCUT2D eigenvalue weighted by Gasteiger charge is -2.34. The smallest absolute Gasteiger partial charge is 0.330 e. The highest BCUT2D eigenvalue weighted by Crippen LogP contribution is 2.21. The summed E-state index contributed by atoms with van der Waals surface area (Å²) in [5.41, 5.74) is -1.13. The monoisotopic (exact) mass is 553 g/mol. The van der Waals surface area contributed by atoms with E-state index in [9.17, 15) is 49.9 Å². The normalized spacial score (nSPS) is 14.6. The summed E-state index contributed by atoms with van der Waals surface area (Å²) < 4.78 is 90.6. The van der Waals surface area contributed by atoms with Crippen LogP contribution in [0.5, 0.6) is 0 Å². The lowest BCUT2D eigenvalue weighted by Crippen LogP contribution is -2.58. The summed E-state index contributed by atoms with van der Waals surface area (Å²) in [6.07, 6.45) is -10.4. The highest BCUT2D eigenvalue weighted by atomic mass is 19.4. The summed E-state index contributed by atoms with van der Waals surface area (Å²) in [7, 11) is 0. The van der Waals surface area contributed by atoms with Gasteiger partial charge in [0.25, 0.3) is 11.6 Å². The van der Waals surface area contributed by atoms with E-state index in [4.69, 9.17) is 0 Å². The predicted octanol–water partition coefficient (Wildman–Crippen LogP) is 1.37. The van der Waals surface area contributed by atoms with E-state index in [0.717, 1.165) is 17.0 Å². The van der Waals surface area contributed by atoms with Gasteiger partial charge in [-0.2, -0.15) is 31.2 Å². The molecule has 1 aliphatic rings. The third-order valence-electron chi connectivity index (χ3n) is 5.80. The van der Waals surface area contributed by atoms with Crippen LogP contribution >= 0.6 is 0 Å². The first-order valence-electron chi connectivity index (χ1n) is 10.8. The zero-order chi connectivity index (χ0) is 28.6. The van der Waals surface area contributed by atoms with Gasteiger partial charge in [-0.05, 0) is 31.5 Å². The van der Waals surface area contributed by atoms with E-state index in [1.54, 1.807) is 0 Å². The largest absolute Gasteiger partial charge is 0.498 e. The summed E-state index contributed by atoms with van der Waals surface area (Å²) in [6, 6.07) is 3.11. The number of aromatic amines is 1. The average molecular weight is 553 g/mol. The van der Waals surface area contributed by atoms with Crippen molar-refractivity contribution in [1.82, 2.24) is 14.9 Å². The molecule has 1 aromatic heterocycles. The molecule has 38 heavy (non-hydrogen) atoms. The zero-order valence-corrected chi connectivity index (χ0v) is 19.8. The van der Waals surface area contributed by atoms with E-state index in [0.29, 0.717) is 4.90 Å². The summed E-state index contributed by atoms with van der Waals surface area (Å²) in [6.45, 7) is -0.192. The van der Waals surface area contributed by atoms with E-state index in [2.05, 4.69) is 4.84 Å². The molecule has 0 saturated carbocycles. The minimum absolute atomic E-state index is 0.0907. The van der Waals surface area contributed by atoms with E-state index in [1.807, 2.05) is 5.10 Å². The van der Waals surface area contributed by atoms with Crippen molar-refractivity contribution in [2.45, 2.75) is 32.6 Å². The Kier molecular flexibility index (Phi) is 7.83. The minimum Gasteiger partial charge on any atom is -0.330 e. The number of nitrogens with one attached hydrogen (secondary N) is 1. The molecule has 9 nitrogen and oxygen atoms in total. The summed E-state index contributed by atoms with van der Waals surface area (Å²) >= 11 is 0. The van der Waals surface area contributed by atoms with Crippen LogP contribution in [-0.4, -0.2) is 71.2 Å². The van der Waals surface area contributed by atoms with Crippen LogP contribution in [0.4, 0.5) is 30.7 Å². The maximum Gasteiger partial charge on any atom is 0.498 e. The number of nitrogens with zero attached hydrogens (tertiary/aromatic N) is 3. The van der Waals surface area contributed by atoms with E-state index < -0.39 is 66.7 Å². The SMILES string of the molecule is Cc1c(C)c(=O)[nH][n+](OC(=O)C(F)(F)F)c1Cc1ccc(F)c(C(=O)N2CCN(CC(F)(F)F)C(=O)C2)c1. The number of hydrogen-bond acceptors (Lipinski definition) is 5. The number of carbonyl (C=O) groups excluding carboxylic acids is 3. The van der Waals surface area contributed by atoms with Crippen LogP contribution in [0.3, 0.4) is 0 Å². The molecule has 16 heteroatoms. The van der Waals surface area contributed by atoms with Gasteiger partial charge in [-0.3, -0.25) is 14.4 Å². The van der Waals surface area contributed by atoms with E-state index in [1.165, 1.54) is 19.9 Å². The Hall–Kier alpha value is -3.98. The highest BCUT2D eigenvalue weighted by molar-refractivity contribution is 5.97. The summed E-state index contributed by atoms with van der Waals surface area (Å²) in [4.78, 5) is 54.3. The van der Waals surface area contributed by atoms with Crippen LogP contribution in [0.2, 0.25) is 0 Å². The quantitative estimate of drug-likeness (QED) is 0.445. The average Bonchev–Trinajstić information content (AvgIpc) is 2.80. The molecular weight excluding hydrogens is 533 g/mol. The highest BCUT2D eigenvalue weighted by Gasteiger charge is 2.46. The van der Waals surface area contributed by atoms with Gasteiger partial charge >= 0.3 is 23.9 Å². The van der Waals surface area contributed by atoms with Crippen molar-refractivity contribution in [1.29, 1.82) is 0 Å². The Morgan fingerprint density at radius 3 is 2.29 bits per heavy atom. The fourth-order valence-electron chi connectivity index (χ4n) is 3.68. The van der Waals surface area contributed by atoms with Crippen molar-refractivity contribution < 1.29 is 54.8 Å². The first-order chi connectivity index (χ1) is 17.5. The van der Waals surface area contributed by atoms with Crippen LogP contribution in [0.25, 0.3) is 0 Å². The van der Waals surface area contributed by atoms with Crippen molar-refractivity contribution in [2.75, 3.05) is 26.2 Å². The number of halogens is 7. The second-order valence-electron chi connectivity index (χ2n) is 8.46. The molecule has 2 amide bonds. The molecule has 0 unspecified atom stereocenters. The Morgan fingerprint density at radius 1 is 1.05 bits per heavy atom. The standard InChI is InChI=1S/C22H19F7N4O5/c1-11-12(2)18(35)30-33(38-20(37)22(27,28)29)16(11)8-13-3-4-15(23)14(7-13)19(36)31-5-6-32(17(34)9-31)10-21(24,25)26/h3-4,7H,5-6,8-10H2,1-2H3/p+1. The van der Waals surface area contributed by atoms with Gasteiger partial charge in [-0.15, -0.1) is 0 Å². The molecule has 1 aliphatic heterocycles. The lowest BCUT2D eigenvalue weighted by molar-refractivity contribution is -0.921. The molecule has 2 heterocycles. The summed E-state index contributed by atoms with van der Waals surface area (Å²) in [5, 5.41) is 1.98. The fraction of sp³-hybridized carbons (Fsp3) is 0.409. The molecule has 0 atom stereocenters. The van der Waals surface area contributed by atoms with Crippen LogP contribution in [0, 0.1) is 19.7 Å². The summed E-state index contributed by atoms with van der Waals surface area (Å²) in [5.74, 6) is -5.61. The van der Waals surface area contributed by atoms with Gasteiger partial charge < -0.3 is 9.80 Å². The molecule has 0 radical (unpaired) electrons. The fourth-order valence-corrected chi connectivity index (χ4v) is 3.68. The Labute approximate surface area is 209 Å². The van der Waals surface area contributed by atoms with E-state index in [-0.39, 0.29) is 40.2 Å². The molecule has 1 fully saturated rings.